The molecule has 0 spiro atoms. The lowest BCUT2D eigenvalue weighted by molar-refractivity contribution is 0.628. The fourth-order valence-corrected chi connectivity index (χ4v) is 1.77. The highest BCUT2D eigenvalue weighted by atomic mass is 19.1. The highest BCUT2D eigenvalue weighted by Crippen LogP contribution is 2.20. The molecule has 2 aromatic heterocycles. The van der Waals surface area contributed by atoms with Crippen LogP contribution in [0.2, 0.25) is 0 Å². The van der Waals surface area contributed by atoms with Gasteiger partial charge in [-0.25, -0.2) is 19.0 Å². The first kappa shape index (κ1) is 11.5. The Labute approximate surface area is 108 Å². The van der Waals surface area contributed by atoms with Crippen LogP contribution in [-0.4, -0.2) is 25.0 Å². The molecule has 19 heavy (non-hydrogen) atoms. The summed E-state index contributed by atoms with van der Waals surface area (Å²) in [7, 11) is 0. The van der Waals surface area contributed by atoms with E-state index >= 15 is 0 Å². The SMILES string of the molecule is CCn1nnc2c(Nc3ccc(F)cc3)ncnc21. The Hall–Kier alpha value is -2.57. The first-order valence-electron chi connectivity index (χ1n) is 5.84. The minimum Gasteiger partial charge on any atom is -0.338 e. The second kappa shape index (κ2) is 4.60. The van der Waals surface area contributed by atoms with E-state index in [0.29, 0.717) is 23.5 Å². The Morgan fingerprint density at radius 1 is 1.21 bits per heavy atom. The predicted octanol–water partition coefficient (Wildman–Crippen LogP) is 2.12. The second-order valence-corrected chi connectivity index (χ2v) is 3.93. The van der Waals surface area contributed by atoms with Crippen LogP contribution in [-0.2, 0) is 6.54 Å². The van der Waals surface area contributed by atoms with Gasteiger partial charge in [-0.15, -0.1) is 5.10 Å². The van der Waals surface area contributed by atoms with Crippen LogP contribution in [0, 0.1) is 5.82 Å². The van der Waals surface area contributed by atoms with Crippen molar-refractivity contribution in [3.63, 3.8) is 0 Å². The van der Waals surface area contributed by atoms with E-state index in [1.807, 2.05) is 6.92 Å². The van der Waals surface area contributed by atoms with Gasteiger partial charge in [0.2, 0.25) is 0 Å². The highest BCUT2D eigenvalue weighted by molar-refractivity contribution is 5.84. The molecule has 0 aliphatic carbocycles. The van der Waals surface area contributed by atoms with Gasteiger partial charge in [-0.1, -0.05) is 5.21 Å². The topological polar surface area (TPSA) is 68.5 Å². The third kappa shape index (κ3) is 2.10. The van der Waals surface area contributed by atoms with Gasteiger partial charge in [0.05, 0.1) is 0 Å². The summed E-state index contributed by atoms with van der Waals surface area (Å²) in [5, 5.41) is 11.1. The number of hydrogen-bond acceptors (Lipinski definition) is 5. The summed E-state index contributed by atoms with van der Waals surface area (Å²) in [6, 6.07) is 6.02. The summed E-state index contributed by atoms with van der Waals surface area (Å²) in [5.74, 6) is 0.270. The molecule has 1 aromatic carbocycles. The molecule has 3 aromatic rings. The van der Waals surface area contributed by atoms with Crippen LogP contribution in [0.5, 0.6) is 0 Å². The average molecular weight is 258 g/mol. The Bertz CT molecular complexity index is 706. The van der Waals surface area contributed by atoms with Gasteiger partial charge in [0.1, 0.15) is 12.1 Å². The van der Waals surface area contributed by atoms with E-state index in [-0.39, 0.29) is 5.82 Å². The monoisotopic (exact) mass is 258 g/mol. The van der Waals surface area contributed by atoms with E-state index in [1.165, 1.54) is 18.5 Å². The standard InChI is InChI=1S/C12H11FN6/c1-2-19-12-10(17-18-19)11(14-7-15-12)16-9-5-3-8(13)4-6-9/h3-7H,2H2,1H3,(H,14,15,16). The van der Waals surface area contributed by atoms with Gasteiger partial charge in [0.15, 0.2) is 17.0 Å². The third-order valence-electron chi connectivity index (χ3n) is 2.71. The summed E-state index contributed by atoms with van der Waals surface area (Å²) in [5.41, 5.74) is 1.99. The van der Waals surface area contributed by atoms with Crippen molar-refractivity contribution in [3.05, 3.63) is 36.4 Å². The zero-order valence-electron chi connectivity index (χ0n) is 10.2. The summed E-state index contributed by atoms with van der Waals surface area (Å²) in [6.07, 6.45) is 1.45. The van der Waals surface area contributed by atoms with Crippen LogP contribution in [0.3, 0.4) is 0 Å². The van der Waals surface area contributed by atoms with Crippen molar-refractivity contribution in [2.75, 3.05) is 5.32 Å². The van der Waals surface area contributed by atoms with Crippen LogP contribution in [0.25, 0.3) is 11.2 Å². The number of hydrogen-bond donors (Lipinski definition) is 1. The predicted molar refractivity (Wildman–Crippen MR) is 68.5 cm³/mol. The largest absolute Gasteiger partial charge is 0.338 e. The van der Waals surface area contributed by atoms with Crippen molar-refractivity contribution in [1.82, 2.24) is 25.0 Å². The van der Waals surface area contributed by atoms with Crippen molar-refractivity contribution in [2.24, 2.45) is 0 Å². The molecule has 2 heterocycles. The fraction of sp³-hybridized carbons (Fsp3) is 0.167. The van der Waals surface area contributed by atoms with Crippen LogP contribution >= 0.6 is 0 Å². The number of nitrogens with zero attached hydrogens (tertiary/aromatic N) is 5. The third-order valence-corrected chi connectivity index (χ3v) is 2.71. The minimum atomic E-state index is -0.282. The van der Waals surface area contributed by atoms with E-state index in [2.05, 4.69) is 25.6 Å². The lowest BCUT2D eigenvalue weighted by Gasteiger charge is -2.05. The summed E-state index contributed by atoms with van der Waals surface area (Å²) in [6.45, 7) is 2.65. The van der Waals surface area contributed by atoms with E-state index in [0.717, 1.165) is 5.69 Å². The average Bonchev–Trinajstić information content (AvgIpc) is 2.85. The van der Waals surface area contributed by atoms with Gasteiger partial charge in [-0.2, -0.15) is 0 Å². The molecule has 0 saturated carbocycles. The van der Waals surface area contributed by atoms with Gasteiger partial charge in [0.25, 0.3) is 0 Å². The van der Waals surface area contributed by atoms with Gasteiger partial charge >= 0.3 is 0 Å². The van der Waals surface area contributed by atoms with Crippen molar-refractivity contribution < 1.29 is 4.39 Å². The number of halogens is 1. The number of aromatic nitrogens is 5. The fourth-order valence-electron chi connectivity index (χ4n) is 1.77. The highest BCUT2D eigenvalue weighted by Gasteiger charge is 2.10. The van der Waals surface area contributed by atoms with Gasteiger partial charge in [0, 0.05) is 12.2 Å². The van der Waals surface area contributed by atoms with Crippen LogP contribution < -0.4 is 5.32 Å². The quantitative estimate of drug-likeness (QED) is 0.779. The van der Waals surface area contributed by atoms with Crippen molar-refractivity contribution in [2.45, 2.75) is 13.5 Å². The lowest BCUT2D eigenvalue weighted by atomic mass is 10.3. The van der Waals surface area contributed by atoms with E-state index in [4.69, 9.17) is 0 Å². The second-order valence-electron chi connectivity index (χ2n) is 3.93. The lowest BCUT2D eigenvalue weighted by Crippen LogP contribution is -1.99. The zero-order chi connectivity index (χ0) is 13.2. The Balaban J connectivity index is 2.01. The van der Waals surface area contributed by atoms with E-state index in [9.17, 15) is 4.39 Å². The van der Waals surface area contributed by atoms with E-state index < -0.39 is 0 Å². The maximum atomic E-state index is 12.8. The molecule has 7 heteroatoms. The number of nitrogens with one attached hydrogen (secondary N) is 1. The number of benzene rings is 1. The Morgan fingerprint density at radius 2 is 2.00 bits per heavy atom. The van der Waals surface area contributed by atoms with Crippen molar-refractivity contribution >= 4 is 22.7 Å². The van der Waals surface area contributed by atoms with Gasteiger partial charge in [-0.05, 0) is 31.2 Å². The summed E-state index contributed by atoms with van der Waals surface area (Å²) < 4.78 is 14.5. The molecular formula is C12H11FN6. The van der Waals surface area contributed by atoms with Crippen molar-refractivity contribution in [1.29, 1.82) is 0 Å². The van der Waals surface area contributed by atoms with Crippen LogP contribution in [0.15, 0.2) is 30.6 Å². The molecule has 0 amide bonds. The Morgan fingerprint density at radius 3 is 2.74 bits per heavy atom. The molecule has 1 N–H and O–H groups in total. The zero-order valence-corrected chi connectivity index (χ0v) is 10.2. The Kier molecular flexibility index (Phi) is 2.79. The molecule has 6 nitrogen and oxygen atoms in total. The molecule has 3 rings (SSSR count). The molecule has 0 radical (unpaired) electrons. The number of aryl methyl sites for hydroxylation is 1. The molecule has 0 bridgehead atoms. The molecular weight excluding hydrogens is 247 g/mol. The maximum Gasteiger partial charge on any atom is 0.183 e. The molecule has 0 saturated heterocycles. The number of rotatable bonds is 3. The molecule has 0 unspecified atom stereocenters. The van der Waals surface area contributed by atoms with E-state index in [1.54, 1.807) is 16.8 Å². The first-order valence-corrected chi connectivity index (χ1v) is 5.84. The van der Waals surface area contributed by atoms with Crippen LogP contribution in [0.4, 0.5) is 15.9 Å². The van der Waals surface area contributed by atoms with Crippen molar-refractivity contribution in [3.8, 4) is 0 Å². The minimum absolute atomic E-state index is 0.282. The normalized spacial score (nSPS) is 10.8. The number of fused-ring (bicyclic) bond motifs is 1. The number of anilines is 2. The van der Waals surface area contributed by atoms with Gasteiger partial charge in [-0.3, -0.25) is 0 Å². The smallest absolute Gasteiger partial charge is 0.183 e. The molecule has 0 atom stereocenters. The molecule has 96 valence electrons. The first-order chi connectivity index (χ1) is 9.28. The summed E-state index contributed by atoms with van der Waals surface area (Å²) in [4.78, 5) is 8.30. The van der Waals surface area contributed by atoms with Gasteiger partial charge < -0.3 is 5.32 Å². The molecule has 0 aliphatic heterocycles. The maximum absolute atomic E-state index is 12.8. The van der Waals surface area contributed by atoms with Crippen LogP contribution in [0.1, 0.15) is 6.92 Å². The molecule has 0 aliphatic rings. The summed E-state index contributed by atoms with van der Waals surface area (Å²) >= 11 is 0. The molecule has 0 fully saturated rings.